The highest BCUT2D eigenvalue weighted by atomic mass is 16.5. The van der Waals surface area contributed by atoms with Crippen LogP contribution in [0, 0.1) is 0 Å². The van der Waals surface area contributed by atoms with Gasteiger partial charge in [-0.1, -0.05) is 55.4 Å². The van der Waals surface area contributed by atoms with Crippen LogP contribution >= 0.6 is 0 Å². The van der Waals surface area contributed by atoms with Crippen molar-refractivity contribution in [1.29, 1.82) is 0 Å². The molecule has 0 unspecified atom stereocenters. The number of anilines is 1. The molecule has 23 heavy (non-hydrogen) atoms. The second kappa shape index (κ2) is 5.99. The van der Waals surface area contributed by atoms with Crippen LogP contribution in [0.25, 0.3) is 11.0 Å². The average Bonchev–Trinajstić information content (AvgIpc) is 2.97. The van der Waals surface area contributed by atoms with Crippen molar-refractivity contribution in [2.24, 2.45) is 0 Å². The number of methoxy groups -OCH3 is 1. The third kappa shape index (κ3) is 2.91. The van der Waals surface area contributed by atoms with Gasteiger partial charge in [0.1, 0.15) is 19.0 Å². The van der Waals surface area contributed by atoms with E-state index in [1.54, 1.807) is 7.11 Å². The van der Waals surface area contributed by atoms with E-state index >= 15 is 0 Å². The topological polar surface area (TPSA) is 47.3 Å². The first-order valence-electron chi connectivity index (χ1n) is 7.75. The van der Waals surface area contributed by atoms with Crippen molar-refractivity contribution in [1.82, 2.24) is 5.16 Å². The SMILES string of the molecule is Bc1ccc2onc(NCC(C)(C)c3ccccc3)c2c1OC. The number of fused-ring (bicyclic) bond motifs is 1. The Morgan fingerprint density at radius 2 is 1.91 bits per heavy atom. The summed E-state index contributed by atoms with van der Waals surface area (Å²) < 4.78 is 11.0. The first-order chi connectivity index (χ1) is 11.0. The highest BCUT2D eigenvalue weighted by Gasteiger charge is 2.22. The number of nitrogens with one attached hydrogen (secondary N) is 1. The van der Waals surface area contributed by atoms with Crippen molar-refractivity contribution in [2.75, 3.05) is 19.0 Å². The summed E-state index contributed by atoms with van der Waals surface area (Å²) in [7, 11) is 3.69. The summed E-state index contributed by atoms with van der Waals surface area (Å²) in [4.78, 5) is 0. The van der Waals surface area contributed by atoms with Crippen molar-refractivity contribution >= 4 is 30.1 Å². The molecule has 1 aromatic heterocycles. The monoisotopic (exact) mass is 308 g/mol. The van der Waals surface area contributed by atoms with Crippen LogP contribution in [0.15, 0.2) is 47.0 Å². The maximum Gasteiger partial charge on any atom is 0.181 e. The molecule has 0 saturated heterocycles. The van der Waals surface area contributed by atoms with Crippen LogP contribution < -0.4 is 15.5 Å². The number of hydrogen-bond acceptors (Lipinski definition) is 4. The number of benzene rings is 2. The number of hydrogen-bond donors (Lipinski definition) is 1. The zero-order valence-electron chi connectivity index (χ0n) is 14.0. The molecule has 2 aromatic carbocycles. The summed E-state index contributed by atoms with van der Waals surface area (Å²) in [5, 5.41) is 8.50. The van der Waals surface area contributed by atoms with E-state index in [0.29, 0.717) is 0 Å². The lowest BCUT2D eigenvalue weighted by Gasteiger charge is -2.25. The average molecular weight is 308 g/mol. The van der Waals surface area contributed by atoms with Crippen molar-refractivity contribution < 1.29 is 9.26 Å². The van der Waals surface area contributed by atoms with Gasteiger partial charge in [-0.15, -0.1) is 0 Å². The number of aromatic nitrogens is 1. The molecule has 0 radical (unpaired) electrons. The summed E-state index contributed by atoms with van der Waals surface area (Å²) in [6, 6.07) is 14.4. The van der Waals surface area contributed by atoms with Crippen LogP contribution in [0.5, 0.6) is 5.75 Å². The van der Waals surface area contributed by atoms with Crippen LogP contribution in [0.1, 0.15) is 19.4 Å². The Balaban J connectivity index is 1.89. The van der Waals surface area contributed by atoms with E-state index in [1.807, 2.05) is 26.0 Å². The standard InChI is InChI=1S/C18H21BN2O2/c1-18(2,12-7-5-4-6-8-12)11-20-17-15-14(23-21-17)10-9-13(19)16(15)22-3/h4-10H,11,19H2,1-3H3,(H,20,21). The van der Waals surface area contributed by atoms with Crippen LogP contribution in [0.2, 0.25) is 0 Å². The number of ether oxygens (including phenoxy) is 1. The van der Waals surface area contributed by atoms with Gasteiger partial charge >= 0.3 is 0 Å². The zero-order chi connectivity index (χ0) is 16.4. The molecule has 0 atom stereocenters. The van der Waals surface area contributed by atoms with Gasteiger partial charge in [-0.05, 0) is 17.1 Å². The van der Waals surface area contributed by atoms with Crippen molar-refractivity contribution in [3.63, 3.8) is 0 Å². The van der Waals surface area contributed by atoms with Gasteiger partial charge < -0.3 is 14.6 Å². The third-order valence-corrected chi connectivity index (χ3v) is 4.25. The van der Waals surface area contributed by atoms with Crippen LogP contribution in [-0.2, 0) is 5.41 Å². The second-order valence-electron chi connectivity index (χ2n) is 6.42. The molecule has 0 saturated carbocycles. The predicted molar refractivity (Wildman–Crippen MR) is 96.7 cm³/mol. The maximum absolute atomic E-state index is 5.53. The van der Waals surface area contributed by atoms with Gasteiger partial charge in [0, 0.05) is 12.0 Å². The molecule has 5 heteroatoms. The Kier molecular flexibility index (Phi) is 4.03. The largest absolute Gasteiger partial charge is 0.496 e. The van der Waals surface area contributed by atoms with E-state index in [9.17, 15) is 0 Å². The molecule has 3 rings (SSSR count). The molecule has 0 aliphatic heterocycles. The zero-order valence-corrected chi connectivity index (χ0v) is 14.0. The summed E-state index contributed by atoms with van der Waals surface area (Å²) in [6.45, 7) is 5.16. The molecule has 0 amide bonds. The molecule has 0 aliphatic rings. The molecule has 0 spiro atoms. The molecule has 4 nitrogen and oxygen atoms in total. The molecule has 0 aliphatic carbocycles. The summed E-state index contributed by atoms with van der Waals surface area (Å²) >= 11 is 0. The van der Waals surface area contributed by atoms with Gasteiger partial charge in [0.2, 0.25) is 0 Å². The maximum atomic E-state index is 5.53. The van der Waals surface area contributed by atoms with E-state index < -0.39 is 0 Å². The first kappa shape index (κ1) is 15.5. The molecular weight excluding hydrogens is 287 g/mol. The van der Waals surface area contributed by atoms with Gasteiger partial charge in [-0.3, -0.25) is 0 Å². The van der Waals surface area contributed by atoms with Crippen LogP contribution in [0.3, 0.4) is 0 Å². The molecule has 118 valence electrons. The van der Waals surface area contributed by atoms with E-state index in [1.165, 1.54) is 5.56 Å². The molecule has 0 fully saturated rings. The van der Waals surface area contributed by atoms with E-state index in [-0.39, 0.29) is 5.41 Å². The Hall–Kier alpha value is -2.43. The Labute approximate surface area is 137 Å². The van der Waals surface area contributed by atoms with Crippen LogP contribution in [0.4, 0.5) is 5.82 Å². The fourth-order valence-electron chi connectivity index (χ4n) is 2.79. The predicted octanol–water partition coefficient (Wildman–Crippen LogP) is 2.48. The lowest BCUT2D eigenvalue weighted by atomic mass is 9.84. The fraction of sp³-hybridized carbons (Fsp3) is 0.278. The van der Waals surface area contributed by atoms with E-state index in [0.717, 1.165) is 34.5 Å². The lowest BCUT2D eigenvalue weighted by Crippen LogP contribution is -2.27. The minimum Gasteiger partial charge on any atom is -0.496 e. The molecule has 0 bridgehead atoms. The highest BCUT2D eigenvalue weighted by Crippen LogP contribution is 2.31. The Morgan fingerprint density at radius 1 is 1.17 bits per heavy atom. The summed E-state index contributed by atoms with van der Waals surface area (Å²) in [6.07, 6.45) is 0. The van der Waals surface area contributed by atoms with Gasteiger partial charge in [-0.2, -0.15) is 0 Å². The van der Waals surface area contributed by atoms with Crippen molar-refractivity contribution in [2.45, 2.75) is 19.3 Å². The van der Waals surface area contributed by atoms with Gasteiger partial charge in [0.25, 0.3) is 0 Å². The summed E-state index contributed by atoms with van der Waals surface area (Å²) in [5.74, 6) is 1.54. The Morgan fingerprint density at radius 3 is 2.61 bits per heavy atom. The molecule has 1 heterocycles. The number of rotatable bonds is 5. The van der Waals surface area contributed by atoms with Crippen molar-refractivity contribution in [3.05, 3.63) is 48.0 Å². The van der Waals surface area contributed by atoms with Gasteiger partial charge in [0.15, 0.2) is 11.4 Å². The minimum atomic E-state index is -0.0242. The molecule has 3 aromatic rings. The van der Waals surface area contributed by atoms with Crippen LogP contribution in [-0.4, -0.2) is 26.7 Å². The third-order valence-electron chi connectivity index (χ3n) is 4.25. The van der Waals surface area contributed by atoms with Crippen molar-refractivity contribution in [3.8, 4) is 5.75 Å². The molecule has 1 N–H and O–H groups in total. The summed E-state index contributed by atoms with van der Waals surface area (Å²) in [5.41, 5.74) is 3.05. The first-order valence-corrected chi connectivity index (χ1v) is 7.75. The van der Waals surface area contributed by atoms with Gasteiger partial charge in [-0.25, -0.2) is 0 Å². The second-order valence-corrected chi connectivity index (χ2v) is 6.42. The quantitative estimate of drug-likeness (QED) is 0.736. The number of nitrogens with zero attached hydrogens (tertiary/aromatic N) is 1. The fourth-order valence-corrected chi connectivity index (χ4v) is 2.79. The van der Waals surface area contributed by atoms with Gasteiger partial charge in [0.05, 0.1) is 7.11 Å². The molecular formula is C18H21BN2O2. The normalized spacial score (nSPS) is 11.6. The smallest absolute Gasteiger partial charge is 0.181 e. The minimum absolute atomic E-state index is 0.0242. The lowest BCUT2D eigenvalue weighted by molar-refractivity contribution is 0.422. The van der Waals surface area contributed by atoms with E-state index in [4.69, 9.17) is 9.26 Å². The van der Waals surface area contributed by atoms with E-state index in [2.05, 4.69) is 48.6 Å². The Bertz CT molecular complexity index is 813. The highest BCUT2D eigenvalue weighted by molar-refractivity contribution is 6.36.